The third-order valence-electron chi connectivity index (χ3n) is 3.22. The van der Waals surface area contributed by atoms with E-state index in [-0.39, 0.29) is 5.41 Å². The minimum atomic E-state index is 0.171. The molecule has 0 fully saturated rings. The molecule has 1 nitrogen and oxygen atoms in total. The number of allylic oxidation sites excluding steroid dienone is 7. The van der Waals surface area contributed by atoms with E-state index in [1.807, 2.05) is 6.08 Å². The maximum Gasteiger partial charge on any atom is 0.0109 e. The molecule has 0 aliphatic heterocycles. The molecule has 1 heteroatoms. The minimum absolute atomic E-state index is 0.171. The Morgan fingerprint density at radius 2 is 2.11 bits per heavy atom. The molecule has 0 saturated heterocycles. The fraction of sp³-hybridized carbons (Fsp3) is 0.529. The van der Waals surface area contributed by atoms with E-state index in [2.05, 4.69) is 51.2 Å². The van der Waals surface area contributed by atoms with Crippen molar-refractivity contribution in [1.29, 1.82) is 0 Å². The smallest absolute Gasteiger partial charge is 0.0109 e. The van der Waals surface area contributed by atoms with Crippen LogP contribution in [0.5, 0.6) is 0 Å². The first-order valence-electron chi connectivity index (χ1n) is 6.98. The van der Waals surface area contributed by atoms with Crippen molar-refractivity contribution in [3.05, 3.63) is 47.6 Å². The molecular weight excluding hydrogens is 218 g/mol. The van der Waals surface area contributed by atoms with Crippen LogP contribution >= 0.6 is 0 Å². The predicted octanol–water partition coefficient (Wildman–Crippen LogP) is 4.53. The average Bonchev–Trinajstić information content (AvgIpc) is 2.33. The van der Waals surface area contributed by atoms with Gasteiger partial charge < -0.3 is 5.73 Å². The van der Waals surface area contributed by atoms with Crippen LogP contribution in [0.1, 0.15) is 46.5 Å². The number of hydrogen-bond acceptors (Lipinski definition) is 1. The highest BCUT2D eigenvalue weighted by molar-refractivity contribution is 5.34. The van der Waals surface area contributed by atoms with Crippen LogP contribution in [0, 0.1) is 5.41 Å². The third kappa shape index (κ3) is 5.50. The van der Waals surface area contributed by atoms with Crippen molar-refractivity contribution < 1.29 is 0 Å². The number of rotatable bonds is 4. The lowest BCUT2D eigenvalue weighted by Gasteiger charge is -2.20. The van der Waals surface area contributed by atoms with E-state index >= 15 is 0 Å². The fourth-order valence-electron chi connectivity index (χ4n) is 2.02. The van der Waals surface area contributed by atoms with Crippen molar-refractivity contribution >= 4 is 0 Å². The lowest BCUT2D eigenvalue weighted by atomic mass is 9.85. The van der Waals surface area contributed by atoms with Gasteiger partial charge in [0.25, 0.3) is 0 Å². The first kappa shape index (κ1) is 15.0. The number of nitrogens with two attached hydrogens (primary N) is 1. The van der Waals surface area contributed by atoms with E-state index in [4.69, 9.17) is 5.73 Å². The first-order valence-corrected chi connectivity index (χ1v) is 6.98. The zero-order valence-corrected chi connectivity index (χ0v) is 12.1. The lowest BCUT2D eigenvalue weighted by Crippen LogP contribution is -2.07. The summed E-state index contributed by atoms with van der Waals surface area (Å²) in [7, 11) is 0. The van der Waals surface area contributed by atoms with Gasteiger partial charge >= 0.3 is 0 Å². The van der Waals surface area contributed by atoms with Crippen molar-refractivity contribution in [2.75, 3.05) is 6.54 Å². The molecular formula is C17H27N. The van der Waals surface area contributed by atoms with Gasteiger partial charge in [0.2, 0.25) is 0 Å². The summed E-state index contributed by atoms with van der Waals surface area (Å²) in [4.78, 5) is 0. The molecule has 0 saturated carbocycles. The molecule has 100 valence electrons. The standard InChI is InChI=1S/C17H27N/c1-17(2,3)16(11-7-8-14-18)13-12-15-9-5-4-6-10-15/h7-9,11-13H,4-6,10,14,18H2,1-3H3/b8-7+,13-12+,16-11-. The van der Waals surface area contributed by atoms with Crippen molar-refractivity contribution in [3.8, 4) is 0 Å². The highest BCUT2D eigenvalue weighted by Crippen LogP contribution is 2.27. The van der Waals surface area contributed by atoms with Crippen LogP contribution in [-0.4, -0.2) is 6.54 Å². The maximum absolute atomic E-state index is 5.47. The second-order valence-electron chi connectivity index (χ2n) is 5.89. The Balaban J connectivity index is 2.78. The van der Waals surface area contributed by atoms with Gasteiger partial charge in [0, 0.05) is 6.54 Å². The Labute approximate surface area is 112 Å². The predicted molar refractivity (Wildman–Crippen MR) is 81.4 cm³/mol. The van der Waals surface area contributed by atoms with E-state index in [1.54, 1.807) is 0 Å². The SMILES string of the molecule is CC(C)(C)C(=C\C=C\CN)/C=C/C1=CCCCC1. The molecule has 1 rings (SSSR count). The van der Waals surface area contributed by atoms with Gasteiger partial charge in [-0.05, 0) is 36.7 Å². The maximum atomic E-state index is 5.47. The Hall–Kier alpha value is -1.08. The van der Waals surface area contributed by atoms with Gasteiger partial charge in [-0.3, -0.25) is 0 Å². The summed E-state index contributed by atoms with van der Waals surface area (Å²) in [6.07, 6.45) is 18.3. The van der Waals surface area contributed by atoms with Crippen LogP contribution in [0.2, 0.25) is 0 Å². The van der Waals surface area contributed by atoms with E-state index in [1.165, 1.54) is 36.8 Å². The van der Waals surface area contributed by atoms with Gasteiger partial charge in [-0.1, -0.05) is 62.8 Å². The van der Waals surface area contributed by atoms with Crippen molar-refractivity contribution in [3.63, 3.8) is 0 Å². The van der Waals surface area contributed by atoms with Crippen LogP contribution in [0.25, 0.3) is 0 Å². The molecule has 0 aromatic carbocycles. The molecule has 1 aliphatic carbocycles. The van der Waals surface area contributed by atoms with Crippen molar-refractivity contribution in [2.45, 2.75) is 46.5 Å². The normalized spacial score (nSPS) is 18.7. The Morgan fingerprint density at radius 1 is 1.33 bits per heavy atom. The van der Waals surface area contributed by atoms with Gasteiger partial charge in [-0.15, -0.1) is 0 Å². The average molecular weight is 245 g/mol. The van der Waals surface area contributed by atoms with E-state index in [0.717, 1.165) is 0 Å². The van der Waals surface area contributed by atoms with Crippen LogP contribution in [0.4, 0.5) is 0 Å². The number of hydrogen-bond donors (Lipinski definition) is 1. The summed E-state index contributed by atoms with van der Waals surface area (Å²) in [5, 5.41) is 0. The summed E-state index contributed by atoms with van der Waals surface area (Å²) in [6, 6.07) is 0. The highest BCUT2D eigenvalue weighted by Gasteiger charge is 2.13. The molecule has 2 N–H and O–H groups in total. The molecule has 18 heavy (non-hydrogen) atoms. The Bertz CT molecular complexity index is 362. The summed E-state index contributed by atoms with van der Waals surface area (Å²) < 4.78 is 0. The van der Waals surface area contributed by atoms with Crippen LogP contribution in [0.15, 0.2) is 47.6 Å². The zero-order chi connectivity index (χ0) is 13.4. The third-order valence-corrected chi connectivity index (χ3v) is 3.22. The molecule has 0 aromatic heterocycles. The summed E-state index contributed by atoms with van der Waals surface area (Å²) in [6.45, 7) is 7.33. The van der Waals surface area contributed by atoms with E-state index in [9.17, 15) is 0 Å². The fourth-order valence-corrected chi connectivity index (χ4v) is 2.02. The van der Waals surface area contributed by atoms with Crippen molar-refractivity contribution in [2.24, 2.45) is 11.1 Å². The Kier molecular flexibility index (Phi) is 6.14. The van der Waals surface area contributed by atoms with Crippen LogP contribution in [-0.2, 0) is 0 Å². The van der Waals surface area contributed by atoms with Crippen LogP contribution in [0.3, 0.4) is 0 Å². The van der Waals surface area contributed by atoms with Gasteiger partial charge in [-0.25, -0.2) is 0 Å². The van der Waals surface area contributed by atoms with Gasteiger partial charge in [0.05, 0.1) is 0 Å². The molecule has 1 aliphatic rings. The zero-order valence-electron chi connectivity index (χ0n) is 12.1. The monoisotopic (exact) mass is 245 g/mol. The molecule has 0 atom stereocenters. The van der Waals surface area contributed by atoms with E-state index < -0.39 is 0 Å². The molecule has 0 unspecified atom stereocenters. The molecule has 0 radical (unpaired) electrons. The second kappa shape index (κ2) is 7.38. The summed E-state index contributed by atoms with van der Waals surface area (Å²) in [5.41, 5.74) is 8.47. The molecule has 0 bridgehead atoms. The molecule has 0 aromatic rings. The summed E-state index contributed by atoms with van der Waals surface area (Å²) >= 11 is 0. The van der Waals surface area contributed by atoms with Gasteiger partial charge in [0.1, 0.15) is 0 Å². The van der Waals surface area contributed by atoms with Gasteiger partial charge in [0.15, 0.2) is 0 Å². The first-order chi connectivity index (χ1) is 8.54. The van der Waals surface area contributed by atoms with Gasteiger partial charge in [-0.2, -0.15) is 0 Å². The topological polar surface area (TPSA) is 26.0 Å². The largest absolute Gasteiger partial charge is 0.327 e. The quantitative estimate of drug-likeness (QED) is 0.723. The van der Waals surface area contributed by atoms with Crippen LogP contribution < -0.4 is 5.73 Å². The molecule has 0 heterocycles. The Morgan fingerprint density at radius 3 is 2.67 bits per heavy atom. The molecule has 0 spiro atoms. The molecule has 0 amide bonds. The van der Waals surface area contributed by atoms with E-state index in [0.29, 0.717) is 6.54 Å². The van der Waals surface area contributed by atoms with Crippen molar-refractivity contribution in [1.82, 2.24) is 0 Å². The minimum Gasteiger partial charge on any atom is -0.327 e. The summed E-state index contributed by atoms with van der Waals surface area (Å²) in [5.74, 6) is 0. The lowest BCUT2D eigenvalue weighted by molar-refractivity contribution is 0.517. The highest BCUT2D eigenvalue weighted by atomic mass is 14.5. The second-order valence-corrected chi connectivity index (χ2v) is 5.89.